The van der Waals surface area contributed by atoms with Gasteiger partial charge in [-0.15, -0.1) is 0 Å². The number of fused-ring (bicyclic) bond motifs is 2. The average Bonchev–Trinajstić information content (AvgIpc) is 2.98. The molecule has 0 heterocycles. The van der Waals surface area contributed by atoms with Crippen molar-refractivity contribution in [3.05, 3.63) is 59.6 Å². The van der Waals surface area contributed by atoms with Crippen LogP contribution in [0.4, 0.5) is 11.4 Å². The molecule has 2 fully saturated rings. The minimum absolute atomic E-state index is 0.204. The first-order chi connectivity index (χ1) is 13.7. The van der Waals surface area contributed by atoms with E-state index in [0.29, 0.717) is 22.8 Å². The summed E-state index contributed by atoms with van der Waals surface area (Å²) in [6.07, 6.45) is 1.22. The molecule has 6 heteroatoms. The topological polar surface area (TPSA) is 70.6 Å². The predicted octanol–water partition coefficient (Wildman–Crippen LogP) is 5.14. The van der Waals surface area contributed by atoms with Crippen molar-refractivity contribution in [2.75, 3.05) is 10.7 Å². The SMILES string of the molecule is CC12CCC(C(=O)Nc3ccccc3Cl)(C(=O)/C1=N\Nc1ccccc1)C2(C)C. The summed E-state index contributed by atoms with van der Waals surface area (Å²) in [6.45, 7) is 6.03. The molecule has 2 atom stereocenters. The number of rotatable bonds is 4. The quantitative estimate of drug-likeness (QED) is 0.542. The van der Waals surface area contributed by atoms with E-state index in [-0.39, 0.29) is 11.7 Å². The zero-order valence-electron chi connectivity index (χ0n) is 16.8. The number of halogens is 1. The average molecular weight is 410 g/mol. The maximum atomic E-state index is 13.6. The van der Waals surface area contributed by atoms with E-state index >= 15 is 0 Å². The molecule has 29 heavy (non-hydrogen) atoms. The molecule has 2 aromatic carbocycles. The Labute approximate surface area is 175 Å². The van der Waals surface area contributed by atoms with Gasteiger partial charge >= 0.3 is 0 Å². The fourth-order valence-electron chi connectivity index (χ4n) is 4.90. The smallest absolute Gasteiger partial charge is 0.239 e. The molecule has 1 amide bonds. The number of nitrogens with one attached hydrogen (secondary N) is 2. The van der Waals surface area contributed by atoms with Gasteiger partial charge in [-0.25, -0.2) is 0 Å². The molecule has 0 aliphatic heterocycles. The highest BCUT2D eigenvalue weighted by atomic mass is 35.5. The van der Waals surface area contributed by atoms with E-state index in [4.69, 9.17) is 11.6 Å². The maximum Gasteiger partial charge on any atom is 0.239 e. The molecule has 2 N–H and O–H groups in total. The first-order valence-electron chi connectivity index (χ1n) is 9.74. The van der Waals surface area contributed by atoms with Gasteiger partial charge in [0, 0.05) is 5.41 Å². The third-order valence-corrected chi connectivity index (χ3v) is 7.48. The fraction of sp³-hybridized carbons (Fsp3) is 0.348. The molecule has 150 valence electrons. The van der Waals surface area contributed by atoms with Crippen molar-refractivity contribution in [3.8, 4) is 0 Å². The second kappa shape index (κ2) is 6.70. The summed E-state index contributed by atoms with van der Waals surface area (Å²) in [6, 6.07) is 16.5. The molecule has 0 radical (unpaired) electrons. The zero-order valence-corrected chi connectivity index (χ0v) is 17.5. The van der Waals surface area contributed by atoms with E-state index in [1.807, 2.05) is 51.1 Å². The second-order valence-electron chi connectivity index (χ2n) is 8.56. The van der Waals surface area contributed by atoms with Crippen molar-refractivity contribution in [2.45, 2.75) is 33.6 Å². The lowest BCUT2D eigenvalue weighted by Gasteiger charge is -2.37. The van der Waals surface area contributed by atoms with Crippen LogP contribution >= 0.6 is 11.6 Å². The van der Waals surface area contributed by atoms with Gasteiger partial charge in [-0.2, -0.15) is 5.10 Å². The lowest BCUT2D eigenvalue weighted by Crippen LogP contribution is -2.47. The third-order valence-electron chi connectivity index (χ3n) is 7.15. The maximum absolute atomic E-state index is 13.6. The Hall–Kier alpha value is -2.66. The van der Waals surface area contributed by atoms with Crippen molar-refractivity contribution in [3.63, 3.8) is 0 Å². The van der Waals surface area contributed by atoms with Gasteiger partial charge in [-0.05, 0) is 42.5 Å². The lowest BCUT2D eigenvalue weighted by atomic mass is 9.64. The van der Waals surface area contributed by atoms with Crippen LogP contribution in [0.2, 0.25) is 5.02 Å². The first kappa shape index (κ1) is 19.6. The Morgan fingerprint density at radius 3 is 2.34 bits per heavy atom. The molecule has 4 rings (SSSR count). The van der Waals surface area contributed by atoms with Gasteiger partial charge in [0.25, 0.3) is 0 Å². The Morgan fingerprint density at radius 1 is 1.00 bits per heavy atom. The van der Waals surface area contributed by atoms with Crippen molar-refractivity contribution in [2.24, 2.45) is 21.3 Å². The minimum atomic E-state index is -1.17. The molecule has 2 aliphatic carbocycles. The van der Waals surface area contributed by atoms with Crippen molar-refractivity contribution in [1.29, 1.82) is 0 Å². The molecule has 2 aliphatic rings. The highest BCUT2D eigenvalue weighted by molar-refractivity contribution is 6.51. The van der Waals surface area contributed by atoms with Crippen LogP contribution in [-0.2, 0) is 9.59 Å². The molecule has 2 unspecified atom stereocenters. The number of hydrazone groups is 1. The van der Waals surface area contributed by atoms with Crippen LogP contribution in [0.25, 0.3) is 0 Å². The Morgan fingerprint density at radius 2 is 1.66 bits per heavy atom. The molecular formula is C23H24ClN3O2. The molecule has 2 aromatic rings. The van der Waals surface area contributed by atoms with Crippen LogP contribution in [0.15, 0.2) is 59.7 Å². The molecule has 0 spiro atoms. The van der Waals surface area contributed by atoms with Gasteiger partial charge in [0.2, 0.25) is 5.91 Å². The van der Waals surface area contributed by atoms with Crippen molar-refractivity contribution < 1.29 is 9.59 Å². The molecule has 0 saturated heterocycles. The monoisotopic (exact) mass is 409 g/mol. The number of carbonyl (C=O) groups excluding carboxylic acids is 2. The number of para-hydroxylation sites is 2. The highest BCUT2D eigenvalue weighted by Gasteiger charge is 2.76. The van der Waals surface area contributed by atoms with E-state index < -0.39 is 16.2 Å². The fourth-order valence-corrected chi connectivity index (χ4v) is 5.08. The lowest BCUT2D eigenvalue weighted by molar-refractivity contribution is -0.139. The zero-order chi connectivity index (χ0) is 20.9. The second-order valence-corrected chi connectivity index (χ2v) is 8.97. The Kier molecular flexibility index (Phi) is 4.54. The van der Waals surface area contributed by atoms with Crippen LogP contribution < -0.4 is 10.7 Å². The number of ketones is 1. The van der Waals surface area contributed by atoms with Crippen molar-refractivity contribution >= 4 is 40.4 Å². The van der Waals surface area contributed by atoms with Crippen LogP contribution in [0.3, 0.4) is 0 Å². The number of Topliss-reactive ketones (excluding diaryl/α,β-unsaturated/α-hetero) is 1. The van der Waals surface area contributed by atoms with E-state index in [9.17, 15) is 9.59 Å². The van der Waals surface area contributed by atoms with Gasteiger partial charge in [-0.3, -0.25) is 15.0 Å². The summed E-state index contributed by atoms with van der Waals surface area (Å²) in [7, 11) is 0. The number of hydrogen-bond donors (Lipinski definition) is 2. The number of carbonyl (C=O) groups is 2. The minimum Gasteiger partial charge on any atom is -0.324 e. The van der Waals surface area contributed by atoms with Crippen LogP contribution in [0.1, 0.15) is 33.6 Å². The number of nitrogens with zero attached hydrogens (tertiary/aromatic N) is 1. The van der Waals surface area contributed by atoms with E-state index in [2.05, 4.69) is 15.8 Å². The van der Waals surface area contributed by atoms with Crippen LogP contribution in [0, 0.1) is 16.2 Å². The number of anilines is 2. The summed E-state index contributed by atoms with van der Waals surface area (Å²) in [5, 5.41) is 7.83. The normalized spacial score (nSPS) is 28.6. The summed E-state index contributed by atoms with van der Waals surface area (Å²) in [4.78, 5) is 27.1. The summed E-state index contributed by atoms with van der Waals surface area (Å²) in [5.74, 6) is -0.515. The van der Waals surface area contributed by atoms with Gasteiger partial charge < -0.3 is 5.32 Å². The largest absolute Gasteiger partial charge is 0.324 e. The van der Waals surface area contributed by atoms with Crippen molar-refractivity contribution in [1.82, 2.24) is 0 Å². The molecule has 5 nitrogen and oxygen atoms in total. The molecule has 2 saturated carbocycles. The van der Waals surface area contributed by atoms with Gasteiger partial charge in [-0.1, -0.05) is 62.7 Å². The highest BCUT2D eigenvalue weighted by Crippen LogP contribution is 2.69. The van der Waals surface area contributed by atoms with Crippen LogP contribution in [-0.4, -0.2) is 17.4 Å². The number of amides is 1. The van der Waals surface area contributed by atoms with Gasteiger partial charge in [0.1, 0.15) is 11.1 Å². The summed E-state index contributed by atoms with van der Waals surface area (Å²) < 4.78 is 0. The summed E-state index contributed by atoms with van der Waals surface area (Å²) >= 11 is 6.22. The molecular weight excluding hydrogens is 386 g/mol. The van der Waals surface area contributed by atoms with E-state index in [1.54, 1.807) is 24.3 Å². The predicted molar refractivity (Wildman–Crippen MR) is 116 cm³/mol. The molecule has 0 aromatic heterocycles. The van der Waals surface area contributed by atoms with Gasteiger partial charge in [0.05, 0.1) is 16.4 Å². The van der Waals surface area contributed by atoms with E-state index in [0.717, 1.165) is 12.1 Å². The standard InChI is InChI=1S/C23H24ClN3O2/c1-21(2)22(3)13-14-23(21,20(29)25-17-12-8-7-11-16(17)24)19(28)18(22)27-26-15-9-5-4-6-10-15/h4-12,26H,13-14H2,1-3H3,(H,25,29)/b27-18+. The number of benzene rings is 2. The van der Waals surface area contributed by atoms with Gasteiger partial charge in [0.15, 0.2) is 5.78 Å². The number of hydrogen-bond acceptors (Lipinski definition) is 4. The summed E-state index contributed by atoms with van der Waals surface area (Å²) in [5.41, 5.74) is 2.49. The molecule has 2 bridgehead atoms. The Balaban J connectivity index is 1.71. The third kappa shape index (κ3) is 2.64. The van der Waals surface area contributed by atoms with E-state index in [1.165, 1.54) is 0 Å². The van der Waals surface area contributed by atoms with Crippen LogP contribution in [0.5, 0.6) is 0 Å². The first-order valence-corrected chi connectivity index (χ1v) is 10.1. The Bertz CT molecular complexity index is 1020.